The number of thiazole rings is 1. The van der Waals surface area contributed by atoms with Crippen LogP contribution in [0.2, 0.25) is 0 Å². The fourth-order valence-corrected chi connectivity index (χ4v) is 3.72. The van der Waals surface area contributed by atoms with Gasteiger partial charge in [-0.15, -0.1) is 16.4 Å². The molecule has 3 aromatic heterocycles. The summed E-state index contributed by atoms with van der Waals surface area (Å²) in [6.07, 6.45) is 1.88. The zero-order valence-corrected chi connectivity index (χ0v) is 13.3. The van der Waals surface area contributed by atoms with E-state index in [9.17, 15) is 4.79 Å². The van der Waals surface area contributed by atoms with Gasteiger partial charge in [0, 0.05) is 0 Å². The zero-order chi connectivity index (χ0) is 15.1. The van der Waals surface area contributed by atoms with Gasteiger partial charge in [0.2, 0.25) is 4.96 Å². The average molecular weight is 325 g/mol. The number of benzene rings is 1. The molecular formula is C16H11N3OS2. The highest BCUT2D eigenvalue weighted by Gasteiger charge is 2.12. The van der Waals surface area contributed by atoms with Gasteiger partial charge in [-0.3, -0.25) is 4.79 Å². The maximum atomic E-state index is 12.4. The highest BCUT2D eigenvalue weighted by atomic mass is 32.1. The molecule has 0 aliphatic carbocycles. The molecule has 4 nitrogen and oxygen atoms in total. The molecule has 0 bridgehead atoms. The smallest absolute Gasteiger partial charge is 0.266 e. The quantitative estimate of drug-likeness (QED) is 0.569. The topological polar surface area (TPSA) is 47.3 Å². The van der Waals surface area contributed by atoms with Crippen LogP contribution in [0.1, 0.15) is 11.1 Å². The Balaban J connectivity index is 1.84. The summed E-state index contributed by atoms with van der Waals surface area (Å²) in [5.74, 6) is 0.611. The summed E-state index contributed by atoms with van der Waals surface area (Å²) in [5.41, 5.74) is 2.09. The van der Waals surface area contributed by atoms with Gasteiger partial charge < -0.3 is 0 Å². The van der Waals surface area contributed by atoms with Gasteiger partial charge in [0.25, 0.3) is 5.56 Å². The van der Waals surface area contributed by atoms with Gasteiger partial charge in [-0.1, -0.05) is 47.2 Å². The second-order valence-corrected chi connectivity index (χ2v) is 6.89. The molecule has 4 aromatic rings. The van der Waals surface area contributed by atoms with Crippen molar-refractivity contribution in [3.63, 3.8) is 0 Å². The van der Waals surface area contributed by atoms with Gasteiger partial charge in [-0.2, -0.15) is 9.50 Å². The molecule has 0 amide bonds. The standard InChI is InChI=1S/C16H11N3OS2/c1-10-4-6-11(7-5-10)9-13-15(20)19-16(22-13)17-14(18-19)12-3-2-8-21-12/h2-9H,1H3. The van der Waals surface area contributed by atoms with Crippen LogP contribution in [-0.4, -0.2) is 14.6 Å². The molecule has 0 saturated carbocycles. The first kappa shape index (κ1) is 13.4. The maximum Gasteiger partial charge on any atom is 0.291 e. The number of aryl methyl sites for hydroxylation is 1. The van der Waals surface area contributed by atoms with E-state index in [-0.39, 0.29) is 5.56 Å². The van der Waals surface area contributed by atoms with Gasteiger partial charge in [-0.25, -0.2) is 0 Å². The van der Waals surface area contributed by atoms with Crippen molar-refractivity contribution in [2.75, 3.05) is 0 Å². The number of hydrogen-bond donors (Lipinski definition) is 0. The molecule has 0 N–H and O–H groups in total. The van der Waals surface area contributed by atoms with Gasteiger partial charge in [-0.05, 0) is 30.0 Å². The van der Waals surface area contributed by atoms with Crippen molar-refractivity contribution in [3.8, 4) is 10.7 Å². The minimum atomic E-state index is -0.115. The SMILES string of the molecule is Cc1ccc(C=c2sc3nc(-c4cccs4)nn3c2=O)cc1. The molecule has 0 radical (unpaired) electrons. The van der Waals surface area contributed by atoms with Crippen LogP contribution in [0, 0.1) is 6.92 Å². The third-order valence-corrected chi connectivity index (χ3v) is 5.12. The maximum absolute atomic E-state index is 12.4. The van der Waals surface area contributed by atoms with Crippen LogP contribution in [0.3, 0.4) is 0 Å². The Kier molecular flexibility index (Phi) is 3.13. The summed E-state index contributed by atoms with van der Waals surface area (Å²) in [5, 5.41) is 6.30. The first-order chi connectivity index (χ1) is 10.7. The summed E-state index contributed by atoms with van der Waals surface area (Å²) in [6.45, 7) is 2.04. The van der Waals surface area contributed by atoms with E-state index in [4.69, 9.17) is 0 Å². The van der Waals surface area contributed by atoms with Crippen LogP contribution >= 0.6 is 22.7 Å². The van der Waals surface area contributed by atoms with Crippen LogP contribution < -0.4 is 10.1 Å². The lowest BCUT2D eigenvalue weighted by atomic mass is 10.1. The van der Waals surface area contributed by atoms with Crippen molar-refractivity contribution in [1.29, 1.82) is 0 Å². The molecule has 4 rings (SSSR count). The second-order valence-electron chi connectivity index (χ2n) is 4.93. The molecule has 3 heterocycles. The summed E-state index contributed by atoms with van der Waals surface area (Å²) in [4.78, 5) is 18.5. The van der Waals surface area contributed by atoms with E-state index in [1.54, 1.807) is 11.3 Å². The molecule has 0 fully saturated rings. The lowest BCUT2D eigenvalue weighted by Gasteiger charge is -1.92. The fraction of sp³-hybridized carbons (Fsp3) is 0.0625. The summed E-state index contributed by atoms with van der Waals surface area (Å²) < 4.78 is 2.04. The normalized spacial score (nSPS) is 12.3. The van der Waals surface area contributed by atoms with E-state index < -0.39 is 0 Å². The molecule has 0 atom stereocenters. The predicted octanol–water partition coefficient (Wildman–Crippen LogP) is 2.74. The van der Waals surface area contributed by atoms with E-state index in [2.05, 4.69) is 10.1 Å². The Morgan fingerprint density at radius 1 is 1.18 bits per heavy atom. The van der Waals surface area contributed by atoms with Crippen molar-refractivity contribution < 1.29 is 0 Å². The van der Waals surface area contributed by atoms with Crippen LogP contribution in [0.4, 0.5) is 0 Å². The number of rotatable bonds is 2. The molecular weight excluding hydrogens is 314 g/mol. The average Bonchev–Trinajstić information content (AvgIpc) is 3.20. The molecule has 0 saturated heterocycles. The van der Waals surface area contributed by atoms with Crippen molar-refractivity contribution >= 4 is 33.7 Å². The lowest BCUT2D eigenvalue weighted by molar-refractivity contribution is 0.938. The van der Waals surface area contributed by atoms with Crippen molar-refractivity contribution in [3.05, 3.63) is 67.8 Å². The van der Waals surface area contributed by atoms with Crippen molar-refractivity contribution in [1.82, 2.24) is 14.6 Å². The number of hydrogen-bond acceptors (Lipinski definition) is 5. The summed E-state index contributed by atoms with van der Waals surface area (Å²) >= 11 is 2.93. The first-order valence-corrected chi connectivity index (χ1v) is 8.42. The monoisotopic (exact) mass is 325 g/mol. The molecule has 108 valence electrons. The number of fused-ring (bicyclic) bond motifs is 1. The fourth-order valence-electron chi connectivity index (χ4n) is 2.16. The Bertz CT molecular complexity index is 1040. The summed E-state index contributed by atoms with van der Waals surface area (Å²) in [7, 11) is 0. The lowest BCUT2D eigenvalue weighted by Crippen LogP contribution is -2.23. The highest BCUT2D eigenvalue weighted by Crippen LogP contribution is 2.21. The van der Waals surface area contributed by atoms with E-state index in [0.717, 1.165) is 10.4 Å². The van der Waals surface area contributed by atoms with E-state index in [1.807, 2.05) is 54.8 Å². The number of aromatic nitrogens is 3. The first-order valence-electron chi connectivity index (χ1n) is 6.72. The molecule has 0 spiro atoms. The molecule has 0 unspecified atom stereocenters. The zero-order valence-electron chi connectivity index (χ0n) is 11.7. The Labute approximate surface area is 134 Å². The van der Waals surface area contributed by atoms with E-state index in [1.165, 1.54) is 21.4 Å². The predicted molar refractivity (Wildman–Crippen MR) is 90.4 cm³/mol. The Morgan fingerprint density at radius 2 is 2.00 bits per heavy atom. The second kappa shape index (κ2) is 5.15. The minimum absolute atomic E-state index is 0.115. The molecule has 1 aromatic carbocycles. The highest BCUT2D eigenvalue weighted by molar-refractivity contribution is 7.15. The summed E-state index contributed by atoms with van der Waals surface area (Å²) in [6, 6.07) is 12.0. The van der Waals surface area contributed by atoms with Gasteiger partial charge in [0.1, 0.15) is 0 Å². The van der Waals surface area contributed by atoms with E-state index in [0.29, 0.717) is 15.3 Å². The number of thiophene rings is 1. The Morgan fingerprint density at radius 3 is 2.68 bits per heavy atom. The molecule has 0 aliphatic rings. The van der Waals surface area contributed by atoms with Crippen LogP contribution in [0.5, 0.6) is 0 Å². The van der Waals surface area contributed by atoms with Crippen LogP contribution in [0.15, 0.2) is 46.6 Å². The van der Waals surface area contributed by atoms with E-state index >= 15 is 0 Å². The number of nitrogens with zero attached hydrogens (tertiary/aromatic N) is 3. The van der Waals surface area contributed by atoms with Gasteiger partial charge >= 0.3 is 0 Å². The molecule has 22 heavy (non-hydrogen) atoms. The van der Waals surface area contributed by atoms with Gasteiger partial charge in [0.15, 0.2) is 5.82 Å². The molecule has 0 aliphatic heterocycles. The minimum Gasteiger partial charge on any atom is -0.266 e. The van der Waals surface area contributed by atoms with Crippen molar-refractivity contribution in [2.45, 2.75) is 6.92 Å². The van der Waals surface area contributed by atoms with Crippen LogP contribution in [0.25, 0.3) is 21.7 Å². The third kappa shape index (κ3) is 2.26. The Hall–Kier alpha value is -2.31. The van der Waals surface area contributed by atoms with Crippen molar-refractivity contribution in [2.24, 2.45) is 0 Å². The van der Waals surface area contributed by atoms with Crippen LogP contribution in [-0.2, 0) is 0 Å². The molecule has 6 heteroatoms. The van der Waals surface area contributed by atoms with Gasteiger partial charge in [0.05, 0.1) is 9.41 Å². The third-order valence-electron chi connectivity index (χ3n) is 3.30. The largest absolute Gasteiger partial charge is 0.291 e.